The van der Waals surface area contributed by atoms with Gasteiger partial charge in [0.2, 0.25) is 5.82 Å². The van der Waals surface area contributed by atoms with Gasteiger partial charge in [-0.2, -0.15) is 4.39 Å². The van der Waals surface area contributed by atoms with Gasteiger partial charge in [0.1, 0.15) is 0 Å². The second-order valence-corrected chi connectivity index (χ2v) is 3.01. The number of rotatable bonds is 3. The summed E-state index contributed by atoms with van der Waals surface area (Å²) in [5, 5.41) is 9.09. The zero-order valence-corrected chi connectivity index (χ0v) is 7.79. The summed E-state index contributed by atoms with van der Waals surface area (Å²) in [7, 11) is 0. The Kier molecular flexibility index (Phi) is 3.43. The maximum absolute atomic E-state index is 12.7. The van der Waals surface area contributed by atoms with Crippen LogP contribution in [0.1, 0.15) is 0 Å². The Hall–Kier alpha value is -1.14. The van der Waals surface area contributed by atoms with Crippen molar-refractivity contribution in [1.29, 1.82) is 0 Å². The van der Waals surface area contributed by atoms with Gasteiger partial charge in [0, 0.05) is 0 Å². The van der Waals surface area contributed by atoms with Crippen LogP contribution in [0.5, 0.6) is 0 Å². The molecule has 5 nitrogen and oxygen atoms in total. The Labute approximate surface area is 82.8 Å². The van der Waals surface area contributed by atoms with Crippen LogP contribution in [0.3, 0.4) is 0 Å². The third-order valence-corrected chi connectivity index (χ3v) is 1.91. The molecule has 2 N–H and O–H groups in total. The Morgan fingerprint density at radius 1 is 1.64 bits per heavy atom. The molecule has 0 aliphatic heterocycles. The zero-order valence-electron chi connectivity index (χ0n) is 7.04. The highest BCUT2D eigenvalue weighted by atomic mass is 35.5. The van der Waals surface area contributed by atoms with Crippen LogP contribution in [0.2, 0.25) is 0 Å². The molecular formula is C7H8ClFN2O3. The lowest BCUT2D eigenvalue weighted by molar-refractivity contribution is 0.174. The Morgan fingerprint density at radius 2 is 2.29 bits per heavy atom. The van der Waals surface area contributed by atoms with Crippen molar-refractivity contribution in [1.82, 2.24) is 9.55 Å². The summed E-state index contributed by atoms with van der Waals surface area (Å²) in [4.78, 5) is 23.4. The average Bonchev–Trinajstić information content (AvgIpc) is 2.14. The third kappa shape index (κ3) is 2.43. The number of aromatic amines is 1. The molecule has 1 unspecified atom stereocenters. The van der Waals surface area contributed by atoms with Gasteiger partial charge in [-0.25, -0.2) is 4.79 Å². The second-order valence-electron chi connectivity index (χ2n) is 2.70. The molecule has 1 rings (SSSR count). The first kappa shape index (κ1) is 10.9. The van der Waals surface area contributed by atoms with Crippen molar-refractivity contribution in [3.8, 4) is 0 Å². The van der Waals surface area contributed by atoms with Gasteiger partial charge < -0.3 is 5.11 Å². The quantitative estimate of drug-likeness (QED) is 0.663. The fourth-order valence-corrected chi connectivity index (χ4v) is 0.992. The monoisotopic (exact) mass is 222 g/mol. The van der Waals surface area contributed by atoms with E-state index in [1.54, 1.807) is 4.98 Å². The Morgan fingerprint density at radius 3 is 2.86 bits per heavy atom. The van der Waals surface area contributed by atoms with Crippen LogP contribution in [0, 0.1) is 5.82 Å². The van der Waals surface area contributed by atoms with E-state index in [-0.39, 0.29) is 12.4 Å². The van der Waals surface area contributed by atoms with Gasteiger partial charge in [0.25, 0.3) is 5.56 Å². The zero-order chi connectivity index (χ0) is 10.7. The number of nitrogens with zero attached hydrogens (tertiary/aromatic N) is 1. The predicted molar refractivity (Wildman–Crippen MR) is 48.0 cm³/mol. The van der Waals surface area contributed by atoms with Crippen molar-refractivity contribution in [2.45, 2.75) is 12.6 Å². The molecule has 0 aliphatic carbocycles. The van der Waals surface area contributed by atoms with E-state index in [9.17, 15) is 14.0 Å². The Bertz CT molecular complexity index is 428. The molecule has 0 amide bonds. The van der Waals surface area contributed by atoms with E-state index in [1.165, 1.54) is 0 Å². The van der Waals surface area contributed by atoms with Crippen molar-refractivity contribution in [3.05, 3.63) is 32.9 Å². The van der Waals surface area contributed by atoms with Crippen LogP contribution in [0.15, 0.2) is 15.8 Å². The summed E-state index contributed by atoms with van der Waals surface area (Å²) < 4.78 is 13.5. The minimum absolute atomic E-state index is 0.0762. The number of hydrogen-bond donors (Lipinski definition) is 2. The summed E-state index contributed by atoms with van der Waals surface area (Å²) in [5.74, 6) is -1.15. The van der Waals surface area contributed by atoms with Crippen LogP contribution >= 0.6 is 11.6 Å². The van der Waals surface area contributed by atoms with Gasteiger partial charge in [-0.15, -0.1) is 11.6 Å². The lowest BCUT2D eigenvalue weighted by Gasteiger charge is -2.08. The summed E-state index contributed by atoms with van der Waals surface area (Å²) in [6, 6.07) is 0. The molecule has 1 aromatic heterocycles. The topological polar surface area (TPSA) is 75.1 Å². The minimum Gasteiger partial charge on any atom is -0.390 e. The number of aliphatic hydroxyl groups excluding tert-OH is 1. The van der Waals surface area contributed by atoms with E-state index in [1.807, 2.05) is 0 Å². The van der Waals surface area contributed by atoms with E-state index in [4.69, 9.17) is 16.7 Å². The highest BCUT2D eigenvalue weighted by Gasteiger charge is 2.07. The highest BCUT2D eigenvalue weighted by Crippen LogP contribution is 1.92. The van der Waals surface area contributed by atoms with Crippen molar-refractivity contribution in [3.63, 3.8) is 0 Å². The van der Waals surface area contributed by atoms with Gasteiger partial charge in [-0.05, 0) is 0 Å². The van der Waals surface area contributed by atoms with E-state index in [0.717, 1.165) is 10.8 Å². The second kappa shape index (κ2) is 4.39. The summed E-state index contributed by atoms with van der Waals surface area (Å²) in [6.45, 7) is -0.157. The molecule has 78 valence electrons. The normalized spacial score (nSPS) is 12.8. The molecule has 1 atom stereocenters. The molecule has 1 aromatic rings. The van der Waals surface area contributed by atoms with E-state index in [0.29, 0.717) is 0 Å². The molecule has 0 aromatic carbocycles. The van der Waals surface area contributed by atoms with Gasteiger partial charge in [-0.1, -0.05) is 0 Å². The van der Waals surface area contributed by atoms with Gasteiger partial charge in [-0.3, -0.25) is 14.3 Å². The van der Waals surface area contributed by atoms with E-state index < -0.39 is 23.2 Å². The molecule has 0 aliphatic rings. The van der Waals surface area contributed by atoms with Crippen LogP contribution in [0.25, 0.3) is 0 Å². The summed E-state index contributed by atoms with van der Waals surface area (Å²) in [5.41, 5.74) is -1.85. The van der Waals surface area contributed by atoms with Crippen molar-refractivity contribution in [2.24, 2.45) is 0 Å². The largest absolute Gasteiger partial charge is 0.390 e. The molecule has 1 heterocycles. The van der Waals surface area contributed by atoms with Crippen LogP contribution in [-0.2, 0) is 6.54 Å². The van der Waals surface area contributed by atoms with E-state index >= 15 is 0 Å². The van der Waals surface area contributed by atoms with Crippen molar-refractivity contribution < 1.29 is 9.50 Å². The number of H-pyrrole nitrogens is 1. The molecule has 14 heavy (non-hydrogen) atoms. The van der Waals surface area contributed by atoms with Gasteiger partial charge in [0.05, 0.1) is 24.7 Å². The SMILES string of the molecule is O=c1[nH]c(=O)n(CC(O)CCl)cc1F. The molecule has 7 heteroatoms. The predicted octanol–water partition coefficient (Wildman–Crippen LogP) is -0.725. The standard InChI is InChI=1S/C7H8ClFN2O3/c8-1-4(12)2-11-3-5(9)6(13)10-7(11)14/h3-4,12H,1-2H2,(H,10,13,14). The highest BCUT2D eigenvalue weighted by molar-refractivity contribution is 6.18. The first-order valence-electron chi connectivity index (χ1n) is 3.78. The first-order valence-corrected chi connectivity index (χ1v) is 4.31. The molecule has 0 radical (unpaired) electrons. The van der Waals surface area contributed by atoms with Gasteiger partial charge >= 0.3 is 5.69 Å². The molecule has 0 fully saturated rings. The number of hydrogen-bond acceptors (Lipinski definition) is 3. The van der Waals surface area contributed by atoms with Gasteiger partial charge in [0.15, 0.2) is 0 Å². The average molecular weight is 223 g/mol. The van der Waals surface area contributed by atoms with Crippen LogP contribution < -0.4 is 11.2 Å². The maximum Gasteiger partial charge on any atom is 0.328 e. The Balaban J connectivity index is 3.04. The van der Waals surface area contributed by atoms with Crippen LogP contribution in [-0.4, -0.2) is 26.6 Å². The first-order chi connectivity index (χ1) is 6.54. The summed E-state index contributed by atoms with van der Waals surface area (Å²) >= 11 is 5.29. The number of alkyl halides is 1. The number of aromatic nitrogens is 2. The molecule has 0 bridgehead atoms. The lowest BCUT2D eigenvalue weighted by atomic mass is 10.4. The van der Waals surface area contributed by atoms with Crippen LogP contribution in [0.4, 0.5) is 4.39 Å². The minimum atomic E-state index is -1.08. The number of halogens is 2. The van der Waals surface area contributed by atoms with E-state index in [2.05, 4.69) is 0 Å². The molecule has 0 saturated heterocycles. The fourth-order valence-electron chi connectivity index (χ4n) is 0.894. The molecule has 0 saturated carbocycles. The summed E-state index contributed by atoms with van der Waals surface area (Å²) in [6.07, 6.45) is -0.226. The lowest BCUT2D eigenvalue weighted by Crippen LogP contribution is -2.34. The smallest absolute Gasteiger partial charge is 0.328 e. The number of nitrogens with one attached hydrogen (secondary N) is 1. The third-order valence-electron chi connectivity index (χ3n) is 1.55. The van der Waals surface area contributed by atoms with Crippen molar-refractivity contribution >= 4 is 11.6 Å². The maximum atomic E-state index is 12.7. The molecular weight excluding hydrogens is 215 g/mol. The number of aliphatic hydroxyl groups is 1. The molecule has 0 spiro atoms. The fraction of sp³-hybridized carbons (Fsp3) is 0.429. The van der Waals surface area contributed by atoms with Crippen molar-refractivity contribution in [2.75, 3.05) is 5.88 Å².